The van der Waals surface area contributed by atoms with Crippen molar-refractivity contribution in [2.24, 2.45) is 0 Å². The first-order valence-electron chi connectivity index (χ1n) is 6.88. The van der Waals surface area contributed by atoms with Gasteiger partial charge < -0.3 is 5.32 Å². The predicted octanol–water partition coefficient (Wildman–Crippen LogP) is 4.09. The first kappa shape index (κ1) is 15.4. The van der Waals surface area contributed by atoms with Crippen molar-refractivity contribution >= 4 is 22.9 Å². The highest BCUT2D eigenvalue weighted by molar-refractivity contribution is 7.11. The van der Waals surface area contributed by atoms with Gasteiger partial charge in [-0.25, -0.2) is 4.98 Å². The molecule has 1 N–H and O–H groups in total. The van der Waals surface area contributed by atoms with Crippen LogP contribution in [-0.2, 0) is 6.42 Å². The Bertz CT molecular complexity index is 531. The minimum atomic E-state index is 0.192. The molecule has 0 radical (unpaired) electrons. The lowest BCUT2D eigenvalue weighted by molar-refractivity contribution is 0.517. The highest BCUT2D eigenvalue weighted by Gasteiger charge is 2.15. The number of hydrogen-bond donors (Lipinski definition) is 1. The van der Waals surface area contributed by atoms with Gasteiger partial charge in [0, 0.05) is 17.5 Å². The molecule has 0 aliphatic heterocycles. The first-order valence-corrected chi connectivity index (χ1v) is 8.07. The maximum absolute atomic E-state index is 5.91. The molecule has 108 valence electrons. The molecule has 20 heavy (non-hydrogen) atoms. The Morgan fingerprint density at radius 2 is 2.15 bits per heavy atom. The molecule has 2 aromatic rings. The Labute approximate surface area is 129 Å². The quantitative estimate of drug-likeness (QED) is 0.873. The number of aryl methyl sites for hydroxylation is 2. The van der Waals surface area contributed by atoms with Crippen molar-refractivity contribution in [3.05, 3.63) is 44.6 Å². The largest absolute Gasteiger partial charge is 0.308 e. The Morgan fingerprint density at radius 3 is 2.70 bits per heavy atom. The van der Waals surface area contributed by atoms with E-state index in [1.807, 2.05) is 12.1 Å². The smallest absolute Gasteiger partial charge is 0.0950 e. The van der Waals surface area contributed by atoms with Crippen molar-refractivity contribution in [2.75, 3.05) is 6.54 Å². The Kier molecular flexibility index (Phi) is 5.52. The fourth-order valence-corrected chi connectivity index (χ4v) is 3.09. The van der Waals surface area contributed by atoms with Crippen LogP contribution in [0.4, 0.5) is 0 Å². The van der Waals surface area contributed by atoms with E-state index in [2.05, 4.69) is 36.1 Å². The van der Waals surface area contributed by atoms with Crippen molar-refractivity contribution in [3.8, 4) is 0 Å². The van der Waals surface area contributed by atoms with Crippen LogP contribution in [0.25, 0.3) is 0 Å². The normalized spacial score (nSPS) is 12.6. The second-order valence-corrected chi connectivity index (χ2v) is 6.59. The Morgan fingerprint density at radius 1 is 1.35 bits per heavy atom. The lowest BCUT2D eigenvalue weighted by Gasteiger charge is -2.16. The first-order chi connectivity index (χ1) is 9.60. The van der Waals surface area contributed by atoms with Crippen LogP contribution in [0.15, 0.2) is 18.3 Å². The van der Waals surface area contributed by atoms with E-state index in [4.69, 9.17) is 11.6 Å². The third kappa shape index (κ3) is 4.01. The fraction of sp³-hybridized carbons (Fsp3) is 0.467. The number of thiazole rings is 1. The van der Waals surface area contributed by atoms with E-state index in [0.717, 1.165) is 35.8 Å². The molecule has 0 aliphatic carbocycles. The van der Waals surface area contributed by atoms with Gasteiger partial charge in [0.15, 0.2) is 0 Å². The van der Waals surface area contributed by atoms with Crippen LogP contribution in [-0.4, -0.2) is 16.5 Å². The average Bonchev–Trinajstić information content (AvgIpc) is 2.74. The topological polar surface area (TPSA) is 37.8 Å². The van der Waals surface area contributed by atoms with Crippen LogP contribution in [0.3, 0.4) is 0 Å². The third-order valence-corrected chi connectivity index (χ3v) is 4.52. The minimum absolute atomic E-state index is 0.192. The molecule has 1 unspecified atom stereocenters. The third-order valence-electron chi connectivity index (χ3n) is 3.20. The van der Waals surface area contributed by atoms with Crippen molar-refractivity contribution in [3.63, 3.8) is 0 Å². The van der Waals surface area contributed by atoms with Gasteiger partial charge in [0.2, 0.25) is 0 Å². The van der Waals surface area contributed by atoms with E-state index in [1.54, 1.807) is 17.5 Å². The van der Waals surface area contributed by atoms with Gasteiger partial charge in [0.05, 0.1) is 27.5 Å². The SMILES string of the molecule is CCCNC(Cc1nc(C)c(C)s1)c1ccc(Cl)cn1. The summed E-state index contributed by atoms with van der Waals surface area (Å²) in [5, 5.41) is 5.37. The van der Waals surface area contributed by atoms with Gasteiger partial charge in [0.25, 0.3) is 0 Å². The molecule has 5 heteroatoms. The molecule has 0 aliphatic rings. The molecule has 0 saturated carbocycles. The molecule has 2 rings (SSSR count). The van der Waals surface area contributed by atoms with Crippen LogP contribution < -0.4 is 5.32 Å². The number of aromatic nitrogens is 2. The Balaban J connectivity index is 2.16. The van der Waals surface area contributed by atoms with Gasteiger partial charge in [-0.05, 0) is 38.9 Å². The zero-order chi connectivity index (χ0) is 14.5. The monoisotopic (exact) mass is 309 g/mol. The molecule has 0 bridgehead atoms. The lowest BCUT2D eigenvalue weighted by Crippen LogP contribution is -2.24. The van der Waals surface area contributed by atoms with Crippen molar-refractivity contribution in [1.29, 1.82) is 0 Å². The Hall–Kier alpha value is -0.970. The van der Waals surface area contributed by atoms with Gasteiger partial charge in [-0.2, -0.15) is 0 Å². The van der Waals surface area contributed by atoms with Gasteiger partial charge in [-0.3, -0.25) is 4.98 Å². The van der Waals surface area contributed by atoms with E-state index in [1.165, 1.54) is 4.88 Å². The van der Waals surface area contributed by atoms with E-state index >= 15 is 0 Å². The minimum Gasteiger partial charge on any atom is -0.308 e. The molecule has 0 amide bonds. The van der Waals surface area contributed by atoms with E-state index in [9.17, 15) is 0 Å². The average molecular weight is 310 g/mol. The van der Waals surface area contributed by atoms with Crippen LogP contribution in [0.1, 0.15) is 40.7 Å². The summed E-state index contributed by atoms with van der Waals surface area (Å²) in [5.41, 5.74) is 2.15. The standard InChI is InChI=1S/C15H20ClN3S/c1-4-7-17-14(13-6-5-12(16)9-18-13)8-15-19-10(2)11(3)20-15/h5-6,9,14,17H,4,7-8H2,1-3H3. The van der Waals surface area contributed by atoms with Gasteiger partial charge in [-0.1, -0.05) is 18.5 Å². The summed E-state index contributed by atoms with van der Waals surface area (Å²) in [4.78, 5) is 10.4. The van der Waals surface area contributed by atoms with Crippen LogP contribution in [0.2, 0.25) is 5.02 Å². The molecule has 0 spiro atoms. The van der Waals surface area contributed by atoms with Gasteiger partial charge in [0.1, 0.15) is 0 Å². The van der Waals surface area contributed by atoms with E-state index in [0.29, 0.717) is 5.02 Å². The van der Waals surface area contributed by atoms with Gasteiger partial charge >= 0.3 is 0 Å². The van der Waals surface area contributed by atoms with Crippen molar-refractivity contribution in [1.82, 2.24) is 15.3 Å². The molecule has 2 aromatic heterocycles. The summed E-state index contributed by atoms with van der Waals surface area (Å²) in [7, 11) is 0. The van der Waals surface area contributed by atoms with Gasteiger partial charge in [-0.15, -0.1) is 11.3 Å². The number of nitrogens with one attached hydrogen (secondary N) is 1. The van der Waals surface area contributed by atoms with Crippen LogP contribution in [0.5, 0.6) is 0 Å². The molecule has 1 atom stereocenters. The molecule has 0 saturated heterocycles. The molecular formula is C15H20ClN3S. The molecular weight excluding hydrogens is 290 g/mol. The van der Waals surface area contributed by atoms with Crippen LogP contribution >= 0.6 is 22.9 Å². The number of nitrogens with zero attached hydrogens (tertiary/aromatic N) is 2. The summed E-state index contributed by atoms with van der Waals surface area (Å²) in [5.74, 6) is 0. The second-order valence-electron chi connectivity index (χ2n) is 4.86. The molecule has 3 nitrogen and oxygen atoms in total. The zero-order valence-corrected chi connectivity index (χ0v) is 13.7. The molecule has 0 fully saturated rings. The lowest BCUT2D eigenvalue weighted by atomic mass is 10.1. The van der Waals surface area contributed by atoms with Crippen molar-refractivity contribution < 1.29 is 0 Å². The predicted molar refractivity (Wildman–Crippen MR) is 85.6 cm³/mol. The summed E-state index contributed by atoms with van der Waals surface area (Å²) < 4.78 is 0. The summed E-state index contributed by atoms with van der Waals surface area (Å²) in [6, 6.07) is 4.07. The summed E-state index contributed by atoms with van der Waals surface area (Å²) in [6.07, 6.45) is 3.67. The number of hydrogen-bond acceptors (Lipinski definition) is 4. The second kappa shape index (κ2) is 7.16. The maximum Gasteiger partial charge on any atom is 0.0950 e. The summed E-state index contributed by atoms with van der Waals surface area (Å²) >= 11 is 7.68. The summed E-state index contributed by atoms with van der Waals surface area (Å²) in [6.45, 7) is 7.31. The number of pyridine rings is 1. The van der Waals surface area contributed by atoms with E-state index < -0.39 is 0 Å². The fourth-order valence-electron chi connectivity index (χ4n) is 1.99. The number of rotatable bonds is 6. The number of halogens is 1. The zero-order valence-electron chi connectivity index (χ0n) is 12.1. The molecule has 2 heterocycles. The molecule has 0 aromatic carbocycles. The maximum atomic E-state index is 5.91. The van der Waals surface area contributed by atoms with Crippen molar-refractivity contribution in [2.45, 2.75) is 39.7 Å². The van der Waals surface area contributed by atoms with Crippen LogP contribution in [0, 0.1) is 13.8 Å². The highest BCUT2D eigenvalue weighted by Crippen LogP contribution is 2.23. The van der Waals surface area contributed by atoms with E-state index in [-0.39, 0.29) is 6.04 Å². The highest BCUT2D eigenvalue weighted by atomic mass is 35.5.